The molecule has 1 aromatic carbocycles. The van der Waals surface area contributed by atoms with Crippen LogP contribution in [-0.4, -0.2) is 43.7 Å². The smallest absolute Gasteiger partial charge is 0.372 e. The molecular formula is C17H22N6O3. The maximum absolute atomic E-state index is 12.9. The summed E-state index contributed by atoms with van der Waals surface area (Å²) in [5.41, 5.74) is 1.06. The zero-order valence-electron chi connectivity index (χ0n) is 15.1. The molecule has 26 heavy (non-hydrogen) atoms. The maximum atomic E-state index is 12.9. The molecule has 2 heterocycles. The fraction of sp³-hybridized carbons (Fsp3) is 0.471. The van der Waals surface area contributed by atoms with Crippen LogP contribution in [0, 0.1) is 0 Å². The van der Waals surface area contributed by atoms with Gasteiger partial charge < -0.3 is 4.84 Å². The van der Waals surface area contributed by atoms with Gasteiger partial charge in [0, 0.05) is 24.6 Å². The van der Waals surface area contributed by atoms with Gasteiger partial charge in [-0.3, -0.25) is 4.90 Å². The Labute approximate surface area is 150 Å². The maximum Gasteiger partial charge on any atom is 0.372 e. The highest BCUT2D eigenvalue weighted by atomic mass is 16.6. The molecule has 0 saturated carbocycles. The number of benzene rings is 1. The molecule has 1 atom stereocenters. The van der Waals surface area contributed by atoms with E-state index in [0.717, 1.165) is 16.8 Å². The highest BCUT2D eigenvalue weighted by molar-refractivity contribution is 5.93. The van der Waals surface area contributed by atoms with Crippen LogP contribution >= 0.6 is 0 Å². The number of para-hydroxylation sites is 1. The number of aryl methyl sites for hydroxylation is 1. The minimum absolute atomic E-state index is 0.0702. The molecule has 2 aromatic rings. The number of oxime groups is 1. The molecule has 9 nitrogen and oxygen atoms in total. The normalized spacial score (nSPS) is 16.5. The summed E-state index contributed by atoms with van der Waals surface area (Å²) >= 11 is 0. The lowest BCUT2D eigenvalue weighted by atomic mass is 10.1. The van der Waals surface area contributed by atoms with Crippen molar-refractivity contribution in [2.75, 3.05) is 4.90 Å². The second-order valence-corrected chi connectivity index (χ2v) is 6.53. The Morgan fingerprint density at radius 1 is 1.31 bits per heavy atom. The van der Waals surface area contributed by atoms with Gasteiger partial charge in [-0.05, 0) is 43.3 Å². The predicted molar refractivity (Wildman–Crippen MR) is 96.3 cm³/mol. The highest BCUT2D eigenvalue weighted by Crippen LogP contribution is 2.17. The summed E-state index contributed by atoms with van der Waals surface area (Å²) in [6, 6.07) is 8.49. The van der Waals surface area contributed by atoms with Crippen LogP contribution < -0.4 is 10.6 Å². The van der Waals surface area contributed by atoms with Crippen LogP contribution in [0.15, 0.2) is 40.3 Å². The molecule has 0 fully saturated rings. The first-order valence-electron chi connectivity index (χ1n) is 8.58. The third kappa shape index (κ3) is 3.66. The first-order valence-corrected chi connectivity index (χ1v) is 8.58. The first kappa shape index (κ1) is 17.8. The topological polar surface area (TPSA) is 94.6 Å². The lowest BCUT2D eigenvalue weighted by molar-refractivity contribution is 0.0746. The second-order valence-electron chi connectivity index (χ2n) is 6.53. The van der Waals surface area contributed by atoms with Gasteiger partial charge >= 0.3 is 11.7 Å². The summed E-state index contributed by atoms with van der Waals surface area (Å²) in [7, 11) is 0. The fourth-order valence-electron chi connectivity index (χ4n) is 2.84. The van der Waals surface area contributed by atoms with Crippen LogP contribution in [0.4, 0.5) is 10.5 Å². The number of hydrogen-bond donors (Lipinski definition) is 0. The second kappa shape index (κ2) is 7.51. The van der Waals surface area contributed by atoms with Crippen molar-refractivity contribution in [2.45, 2.75) is 52.3 Å². The molecule has 1 amide bonds. The van der Waals surface area contributed by atoms with Gasteiger partial charge in [-0.15, -0.1) is 4.68 Å². The number of anilines is 1. The van der Waals surface area contributed by atoms with Gasteiger partial charge in [0.1, 0.15) is 6.10 Å². The minimum atomic E-state index is -0.563. The number of amides is 1. The third-order valence-corrected chi connectivity index (χ3v) is 4.12. The number of carbonyl (C=O) groups excluding carboxylic acids is 1. The van der Waals surface area contributed by atoms with Crippen molar-refractivity contribution in [2.24, 2.45) is 5.16 Å². The van der Waals surface area contributed by atoms with E-state index in [-0.39, 0.29) is 12.1 Å². The molecule has 0 bridgehead atoms. The van der Waals surface area contributed by atoms with Gasteiger partial charge in [0.15, 0.2) is 0 Å². The van der Waals surface area contributed by atoms with Crippen LogP contribution in [0.25, 0.3) is 0 Å². The van der Waals surface area contributed by atoms with Crippen molar-refractivity contribution < 1.29 is 9.63 Å². The molecule has 9 heteroatoms. The van der Waals surface area contributed by atoms with Crippen molar-refractivity contribution in [3.63, 3.8) is 0 Å². The molecule has 1 aromatic heterocycles. The average Bonchev–Trinajstić information content (AvgIpc) is 3.19. The molecule has 1 unspecified atom stereocenters. The zero-order valence-corrected chi connectivity index (χ0v) is 15.1. The molecular weight excluding hydrogens is 336 g/mol. The van der Waals surface area contributed by atoms with Crippen molar-refractivity contribution in [1.29, 1.82) is 0 Å². The van der Waals surface area contributed by atoms with Crippen LogP contribution in [0.3, 0.4) is 0 Å². The molecule has 3 rings (SSSR count). The van der Waals surface area contributed by atoms with Gasteiger partial charge in [0.25, 0.3) is 0 Å². The quantitative estimate of drug-likeness (QED) is 0.761. The lowest BCUT2D eigenvalue weighted by Crippen LogP contribution is -2.44. The molecule has 0 N–H and O–H groups in total. The number of nitrogens with zero attached hydrogens (tertiary/aromatic N) is 6. The van der Waals surface area contributed by atoms with E-state index in [2.05, 4.69) is 15.6 Å². The van der Waals surface area contributed by atoms with E-state index in [9.17, 15) is 9.59 Å². The van der Waals surface area contributed by atoms with Crippen LogP contribution in [0.5, 0.6) is 0 Å². The summed E-state index contributed by atoms with van der Waals surface area (Å²) in [5.74, 6) is 0. The predicted octanol–water partition coefficient (Wildman–Crippen LogP) is 1.88. The summed E-state index contributed by atoms with van der Waals surface area (Å²) in [6.07, 6.45) is 1.23. The van der Waals surface area contributed by atoms with E-state index >= 15 is 0 Å². The van der Waals surface area contributed by atoms with Crippen LogP contribution in [0.1, 0.15) is 33.6 Å². The fourth-order valence-corrected chi connectivity index (χ4v) is 2.84. The Morgan fingerprint density at radius 3 is 2.65 bits per heavy atom. The highest BCUT2D eigenvalue weighted by Gasteiger charge is 2.25. The van der Waals surface area contributed by atoms with E-state index in [1.807, 2.05) is 51.1 Å². The Balaban J connectivity index is 1.75. The number of aromatic nitrogens is 4. The molecule has 0 spiro atoms. The molecule has 138 valence electrons. The van der Waals surface area contributed by atoms with Gasteiger partial charge in [0.05, 0.1) is 12.3 Å². The summed E-state index contributed by atoms with van der Waals surface area (Å²) in [6.45, 7) is 5.96. The standard InChI is InChI=1S/C17H22N6O3/c1-12(2)22(14-7-5-4-6-8-14)17(25)23-16(24)21(19-20-23)10-9-15-11-13(3)18-26-15/h4-8,12,15H,9-11H2,1-3H3. The minimum Gasteiger partial charge on any atom is -0.392 e. The number of tetrazole rings is 1. The van der Waals surface area contributed by atoms with E-state index in [1.54, 1.807) is 0 Å². The lowest BCUT2D eigenvalue weighted by Gasteiger charge is -2.25. The summed E-state index contributed by atoms with van der Waals surface area (Å²) < 4.78 is 1.97. The first-order chi connectivity index (χ1) is 12.5. The largest absolute Gasteiger partial charge is 0.392 e. The Bertz CT molecular complexity index is 855. The molecule has 0 aliphatic carbocycles. The Morgan fingerprint density at radius 2 is 2.04 bits per heavy atom. The van der Waals surface area contributed by atoms with E-state index < -0.39 is 11.7 Å². The van der Waals surface area contributed by atoms with Crippen LogP contribution in [-0.2, 0) is 11.4 Å². The van der Waals surface area contributed by atoms with Gasteiger partial charge in [-0.1, -0.05) is 23.4 Å². The average molecular weight is 358 g/mol. The van der Waals surface area contributed by atoms with Gasteiger partial charge in [-0.2, -0.15) is 4.68 Å². The number of hydrogen-bond acceptors (Lipinski definition) is 6. The molecule has 1 aliphatic rings. The van der Waals surface area contributed by atoms with E-state index in [1.165, 1.54) is 9.58 Å². The van der Waals surface area contributed by atoms with Gasteiger partial charge in [-0.25, -0.2) is 9.59 Å². The third-order valence-electron chi connectivity index (χ3n) is 4.12. The Hall–Kier alpha value is -2.97. The molecule has 1 aliphatic heterocycles. The SMILES string of the molecule is CC1=NOC(CCn2nnn(C(=O)N(c3ccccc3)C(C)C)c2=O)C1. The van der Waals surface area contributed by atoms with Crippen molar-refractivity contribution in [1.82, 2.24) is 19.8 Å². The zero-order chi connectivity index (χ0) is 18.7. The van der Waals surface area contributed by atoms with E-state index in [0.29, 0.717) is 18.7 Å². The van der Waals surface area contributed by atoms with Gasteiger partial charge in [0.2, 0.25) is 0 Å². The number of carbonyl (C=O) groups is 1. The van der Waals surface area contributed by atoms with Crippen molar-refractivity contribution >= 4 is 17.4 Å². The monoisotopic (exact) mass is 358 g/mol. The van der Waals surface area contributed by atoms with Crippen molar-refractivity contribution in [3.05, 3.63) is 40.8 Å². The van der Waals surface area contributed by atoms with Crippen molar-refractivity contribution in [3.8, 4) is 0 Å². The molecule has 0 radical (unpaired) electrons. The Kier molecular flexibility index (Phi) is 5.15. The number of rotatable bonds is 5. The van der Waals surface area contributed by atoms with E-state index in [4.69, 9.17) is 4.84 Å². The molecule has 0 saturated heterocycles. The summed E-state index contributed by atoms with van der Waals surface area (Å²) in [4.78, 5) is 32.1. The summed E-state index contributed by atoms with van der Waals surface area (Å²) in [5, 5.41) is 11.5. The van der Waals surface area contributed by atoms with Crippen LogP contribution in [0.2, 0.25) is 0 Å².